The van der Waals surface area contributed by atoms with E-state index in [1.54, 1.807) is 0 Å². The molecular weight excluding hydrogens is 368 g/mol. The van der Waals surface area contributed by atoms with Crippen LogP contribution < -0.4 is 10.0 Å². The van der Waals surface area contributed by atoms with Crippen molar-refractivity contribution in [3.63, 3.8) is 0 Å². The summed E-state index contributed by atoms with van der Waals surface area (Å²) in [4.78, 5) is 20.3. The Hall–Kier alpha value is -2.70. The van der Waals surface area contributed by atoms with Crippen LogP contribution in [0, 0.1) is 0 Å². The van der Waals surface area contributed by atoms with Crippen molar-refractivity contribution in [2.45, 2.75) is 11.8 Å². The molecule has 0 spiro atoms. The molecule has 1 aromatic heterocycles. The molecule has 28 heavy (non-hydrogen) atoms. The molecule has 1 aliphatic rings. The van der Waals surface area contributed by atoms with E-state index in [-0.39, 0.29) is 16.6 Å². The topological polar surface area (TPSA) is 57.3 Å². The van der Waals surface area contributed by atoms with Gasteiger partial charge in [0.1, 0.15) is 0 Å². The van der Waals surface area contributed by atoms with Crippen LogP contribution in [0.5, 0.6) is 0 Å². The minimum Gasteiger partial charge on any atom is -0.336 e. The van der Waals surface area contributed by atoms with Crippen LogP contribution in [-0.4, -0.2) is 47.3 Å². The number of amides is 1. The molecule has 0 radical (unpaired) electrons. The number of hydrogen-bond acceptors (Lipinski definition) is 4. The first-order valence-corrected chi connectivity index (χ1v) is 10.8. The van der Waals surface area contributed by atoms with Gasteiger partial charge in [-0.1, -0.05) is 28.9 Å². The lowest BCUT2D eigenvalue weighted by molar-refractivity contribution is 0.0736. The Labute approximate surface area is 167 Å². The molecule has 3 aromatic rings. The number of hydrogen-bond donors (Lipinski definition) is 2. The van der Waals surface area contributed by atoms with E-state index < -0.39 is 0 Å². The molecular formula is C22H24N4OS. The third-order valence-electron chi connectivity index (χ3n) is 4.83. The van der Waals surface area contributed by atoms with Gasteiger partial charge >= 0.3 is 0 Å². The fourth-order valence-corrected chi connectivity index (χ4v) is 4.83. The zero-order chi connectivity index (χ0) is 19.3. The molecule has 6 heteroatoms. The van der Waals surface area contributed by atoms with E-state index in [1.807, 2.05) is 41.4 Å². The predicted molar refractivity (Wildman–Crippen MR) is 118 cm³/mol. The Balaban J connectivity index is 1.53. The van der Waals surface area contributed by atoms with Crippen LogP contribution in [0.1, 0.15) is 17.3 Å². The fraction of sp³-hybridized carbons (Fsp3) is 0.227. The highest BCUT2D eigenvalue weighted by Crippen LogP contribution is 2.32. The van der Waals surface area contributed by atoms with Crippen LogP contribution in [0.2, 0.25) is 0 Å². The number of benzene rings is 2. The molecule has 0 saturated carbocycles. The van der Waals surface area contributed by atoms with Gasteiger partial charge in [0.15, 0.2) is 0 Å². The maximum Gasteiger partial charge on any atom is 0.253 e. The molecule has 1 saturated heterocycles. The van der Waals surface area contributed by atoms with Gasteiger partial charge in [-0.25, -0.2) is 0 Å². The zero-order valence-electron chi connectivity index (χ0n) is 15.9. The number of piperazine rings is 1. The smallest absolute Gasteiger partial charge is 0.253 e. The van der Waals surface area contributed by atoms with E-state index in [0.29, 0.717) is 0 Å². The molecule has 1 amide bonds. The van der Waals surface area contributed by atoms with Crippen molar-refractivity contribution in [1.29, 1.82) is 0 Å². The third-order valence-corrected chi connectivity index (χ3v) is 6.56. The molecule has 144 valence electrons. The Morgan fingerprint density at radius 1 is 1.11 bits per heavy atom. The maximum absolute atomic E-state index is 12.6. The van der Waals surface area contributed by atoms with Gasteiger partial charge in [-0.05, 0) is 48.7 Å². The second kappa shape index (κ2) is 8.54. The van der Waals surface area contributed by atoms with Crippen molar-refractivity contribution in [3.05, 3.63) is 66.4 Å². The number of anilines is 1. The van der Waals surface area contributed by atoms with Crippen molar-refractivity contribution >= 4 is 38.5 Å². The van der Waals surface area contributed by atoms with Crippen LogP contribution in [0.4, 0.5) is 5.69 Å². The first-order chi connectivity index (χ1) is 13.8. The van der Waals surface area contributed by atoms with Crippen molar-refractivity contribution in [2.75, 3.05) is 30.9 Å². The van der Waals surface area contributed by atoms with Crippen LogP contribution in [-0.2, 0) is 0 Å². The number of fused-ring (bicyclic) bond motifs is 1. The monoisotopic (exact) mass is 392 g/mol. The molecule has 0 aliphatic carbocycles. The van der Waals surface area contributed by atoms with Crippen LogP contribution >= 0.6 is 10.7 Å². The fourth-order valence-electron chi connectivity index (χ4n) is 3.35. The second-order valence-electron chi connectivity index (χ2n) is 6.63. The zero-order valence-corrected chi connectivity index (χ0v) is 16.7. The van der Waals surface area contributed by atoms with E-state index in [1.165, 1.54) is 4.90 Å². The van der Waals surface area contributed by atoms with Crippen molar-refractivity contribution < 1.29 is 4.79 Å². The standard InChI is InChI=1S/C22H24N4OS/c1-2-28(20-7-3-5-17-6-4-12-24-21(17)20)25-19-10-8-18(9-11-19)22(27)26-15-13-23-14-16-26/h2-12,23,25H,13-16H2,1H3. The van der Waals surface area contributed by atoms with Gasteiger partial charge in [0, 0.05) is 53.9 Å². The van der Waals surface area contributed by atoms with E-state index in [0.717, 1.165) is 48.3 Å². The highest BCUT2D eigenvalue weighted by atomic mass is 32.2. The maximum atomic E-state index is 12.6. The Morgan fingerprint density at radius 2 is 1.86 bits per heavy atom. The quantitative estimate of drug-likeness (QED) is 0.664. The van der Waals surface area contributed by atoms with Crippen molar-refractivity contribution in [3.8, 4) is 0 Å². The van der Waals surface area contributed by atoms with Crippen LogP contribution in [0.25, 0.3) is 10.9 Å². The SMILES string of the molecule is C/C=S(\Nc1ccc(C(=O)N2CCNCC2)cc1)c1cccc2cccnc12. The second-order valence-corrected chi connectivity index (χ2v) is 8.42. The van der Waals surface area contributed by atoms with E-state index in [9.17, 15) is 4.79 Å². The third kappa shape index (κ3) is 3.93. The molecule has 1 atom stereocenters. The Kier molecular flexibility index (Phi) is 5.69. The van der Waals surface area contributed by atoms with Gasteiger partial charge in [-0.2, -0.15) is 0 Å². The number of rotatable bonds is 4. The molecule has 1 aliphatic heterocycles. The van der Waals surface area contributed by atoms with Gasteiger partial charge in [-0.3, -0.25) is 9.78 Å². The van der Waals surface area contributed by atoms with E-state index >= 15 is 0 Å². The lowest BCUT2D eigenvalue weighted by atomic mass is 10.1. The lowest BCUT2D eigenvalue weighted by Gasteiger charge is -2.27. The van der Waals surface area contributed by atoms with Crippen LogP contribution in [0.15, 0.2) is 65.7 Å². The number of pyridine rings is 1. The summed E-state index contributed by atoms with van der Waals surface area (Å²) in [5.41, 5.74) is 2.75. The average Bonchev–Trinajstić information content (AvgIpc) is 2.78. The van der Waals surface area contributed by atoms with Gasteiger partial charge in [0.05, 0.1) is 5.52 Å². The highest BCUT2D eigenvalue weighted by molar-refractivity contribution is 8.16. The van der Waals surface area contributed by atoms with Gasteiger partial charge < -0.3 is 14.9 Å². The first kappa shape index (κ1) is 18.7. The number of para-hydroxylation sites is 1. The molecule has 5 nitrogen and oxygen atoms in total. The Bertz CT molecular complexity index is 1010. The molecule has 2 heterocycles. The van der Waals surface area contributed by atoms with Crippen molar-refractivity contribution in [1.82, 2.24) is 15.2 Å². The highest BCUT2D eigenvalue weighted by Gasteiger charge is 2.17. The van der Waals surface area contributed by atoms with E-state index in [4.69, 9.17) is 0 Å². The predicted octanol–water partition coefficient (Wildman–Crippen LogP) is 3.76. The van der Waals surface area contributed by atoms with Gasteiger partial charge in [0.25, 0.3) is 5.91 Å². The summed E-state index contributed by atoms with van der Waals surface area (Å²) in [6, 6.07) is 18.1. The number of aromatic nitrogens is 1. The largest absolute Gasteiger partial charge is 0.336 e. The van der Waals surface area contributed by atoms with Crippen LogP contribution in [0.3, 0.4) is 0 Å². The van der Waals surface area contributed by atoms with E-state index in [2.05, 4.69) is 51.6 Å². The normalized spacial score (nSPS) is 15.5. The number of carbonyl (C=O) groups excluding carboxylic acids is 1. The summed E-state index contributed by atoms with van der Waals surface area (Å²) >= 11 is 0. The van der Waals surface area contributed by atoms with Gasteiger partial charge in [0.2, 0.25) is 0 Å². The summed E-state index contributed by atoms with van der Waals surface area (Å²) in [7, 11) is -0.283. The minimum absolute atomic E-state index is 0.104. The summed E-state index contributed by atoms with van der Waals surface area (Å²) in [6.45, 7) is 5.31. The number of nitrogens with one attached hydrogen (secondary N) is 2. The summed E-state index contributed by atoms with van der Waals surface area (Å²) < 4.78 is 3.58. The van der Waals surface area contributed by atoms with Gasteiger partial charge in [-0.15, -0.1) is 0 Å². The molecule has 0 bridgehead atoms. The molecule has 1 fully saturated rings. The molecule has 4 rings (SSSR count). The molecule has 2 N–H and O–H groups in total. The summed E-state index contributed by atoms with van der Waals surface area (Å²) in [5.74, 6) is 0.104. The molecule has 2 aromatic carbocycles. The Morgan fingerprint density at radius 3 is 2.61 bits per heavy atom. The number of carbonyl (C=O) groups is 1. The van der Waals surface area contributed by atoms with Crippen molar-refractivity contribution in [2.24, 2.45) is 0 Å². The lowest BCUT2D eigenvalue weighted by Crippen LogP contribution is -2.46. The summed E-state index contributed by atoms with van der Waals surface area (Å²) in [5, 5.41) is 6.57. The average molecular weight is 393 g/mol. The summed E-state index contributed by atoms with van der Waals surface area (Å²) in [6.07, 6.45) is 1.83. The number of nitrogens with zero attached hydrogens (tertiary/aromatic N) is 2. The minimum atomic E-state index is -0.283. The molecule has 1 unspecified atom stereocenters. The first-order valence-electron chi connectivity index (χ1n) is 9.49.